The number of amides is 2. The van der Waals surface area contributed by atoms with Crippen molar-refractivity contribution in [1.29, 1.82) is 0 Å². The van der Waals surface area contributed by atoms with Gasteiger partial charge in [-0.25, -0.2) is 0 Å². The summed E-state index contributed by atoms with van der Waals surface area (Å²) in [4.78, 5) is 39.1. The standard InChI is InChI=1S/C18H30N2O4/c1-3-13-4-6-14(7-5-13)17(22)19(2)12-16(21)20-10-8-15(9-11-20)18(23)24/h13-15H,3-12H2,1-2H3,(H,23,24). The topological polar surface area (TPSA) is 77.9 Å². The van der Waals surface area contributed by atoms with Gasteiger partial charge in [-0.1, -0.05) is 13.3 Å². The lowest BCUT2D eigenvalue weighted by atomic mass is 9.80. The van der Waals surface area contributed by atoms with Gasteiger partial charge >= 0.3 is 5.97 Å². The Morgan fingerprint density at radius 2 is 1.58 bits per heavy atom. The molecule has 0 aromatic carbocycles. The molecule has 0 spiro atoms. The molecule has 6 heteroatoms. The summed E-state index contributed by atoms with van der Waals surface area (Å²) in [5.41, 5.74) is 0. The number of rotatable bonds is 5. The highest BCUT2D eigenvalue weighted by Crippen LogP contribution is 2.31. The Morgan fingerprint density at radius 1 is 1.00 bits per heavy atom. The van der Waals surface area contributed by atoms with Crippen LogP contribution in [0.3, 0.4) is 0 Å². The quantitative estimate of drug-likeness (QED) is 0.831. The maximum atomic E-state index is 12.5. The molecule has 1 saturated carbocycles. The van der Waals surface area contributed by atoms with Crippen molar-refractivity contribution >= 4 is 17.8 Å². The SMILES string of the molecule is CCC1CCC(C(=O)N(C)CC(=O)N2CCC(C(=O)O)CC2)CC1. The van der Waals surface area contributed by atoms with Crippen LogP contribution in [0.1, 0.15) is 51.9 Å². The Hall–Kier alpha value is -1.59. The molecule has 0 unspecified atom stereocenters. The molecule has 0 aromatic rings. The van der Waals surface area contributed by atoms with E-state index in [1.54, 1.807) is 16.8 Å². The summed E-state index contributed by atoms with van der Waals surface area (Å²) >= 11 is 0. The zero-order valence-corrected chi connectivity index (χ0v) is 14.9. The van der Waals surface area contributed by atoms with Gasteiger partial charge in [0.05, 0.1) is 12.5 Å². The number of carboxylic acids is 1. The fraction of sp³-hybridized carbons (Fsp3) is 0.833. The molecule has 1 heterocycles. The summed E-state index contributed by atoms with van der Waals surface area (Å²) in [5.74, 6) is -0.311. The summed E-state index contributed by atoms with van der Waals surface area (Å²) in [5, 5.41) is 9.01. The first-order valence-electron chi connectivity index (χ1n) is 9.17. The molecule has 2 fully saturated rings. The first kappa shape index (κ1) is 18.7. The van der Waals surface area contributed by atoms with Gasteiger partial charge in [-0.15, -0.1) is 0 Å². The Balaban J connectivity index is 1.77. The van der Waals surface area contributed by atoms with Gasteiger partial charge in [0.1, 0.15) is 0 Å². The second-order valence-corrected chi connectivity index (χ2v) is 7.31. The fourth-order valence-electron chi connectivity index (χ4n) is 3.89. The first-order chi connectivity index (χ1) is 11.4. The van der Waals surface area contributed by atoms with E-state index in [4.69, 9.17) is 5.11 Å². The molecule has 1 N–H and O–H groups in total. The van der Waals surface area contributed by atoms with Crippen LogP contribution in [0, 0.1) is 17.8 Å². The van der Waals surface area contributed by atoms with Gasteiger partial charge in [-0.05, 0) is 44.4 Å². The lowest BCUT2D eigenvalue weighted by molar-refractivity contribution is -0.147. The van der Waals surface area contributed by atoms with E-state index in [2.05, 4.69) is 6.92 Å². The normalized spacial score (nSPS) is 25.3. The molecule has 0 bridgehead atoms. The van der Waals surface area contributed by atoms with E-state index in [1.807, 2.05) is 0 Å². The van der Waals surface area contributed by atoms with Crippen molar-refractivity contribution in [3.8, 4) is 0 Å². The van der Waals surface area contributed by atoms with Crippen LogP contribution in [0.25, 0.3) is 0 Å². The first-order valence-corrected chi connectivity index (χ1v) is 9.17. The zero-order valence-electron chi connectivity index (χ0n) is 14.9. The van der Waals surface area contributed by atoms with Crippen LogP contribution in [-0.2, 0) is 14.4 Å². The summed E-state index contributed by atoms with van der Waals surface area (Å²) in [7, 11) is 1.70. The van der Waals surface area contributed by atoms with Crippen molar-refractivity contribution in [3.05, 3.63) is 0 Å². The number of likely N-dealkylation sites (N-methyl/N-ethyl adjacent to an activating group) is 1. The van der Waals surface area contributed by atoms with E-state index < -0.39 is 5.97 Å². The lowest BCUT2D eigenvalue weighted by Crippen LogP contribution is -2.46. The molecule has 136 valence electrons. The van der Waals surface area contributed by atoms with Gasteiger partial charge in [0, 0.05) is 26.1 Å². The third-order valence-electron chi connectivity index (χ3n) is 5.72. The van der Waals surface area contributed by atoms with Crippen LogP contribution >= 0.6 is 0 Å². The summed E-state index contributed by atoms with van der Waals surface area (Å²) < 4.78 is 0. The summed E-state index contributed by atoms with van der Waals surface area (Å²) in [6.07, 6.45) is 6.26. The van der Waals surface area contributed by atoms with Crippen LogP contribution < -0.4 is 0 Å². The van der Waals surface area contributed by atoms with E-state index in [0.717, 1.165) is 31.6 Å². The number of carbonyl (C=O) groups is 3. The van der Waals surface area contributed by atoms with Gasteiger partial charge in [-0.3, -0.25) is 14.4 Å². The number of hydrogen-bond donors (Lipinski definition) is 1. The fourth-order valence-corrected chi connectivity index (χ4v) is 3.89. The maximum absolute atomic E-state index is 12.5. The molecule has 0 radical (unpaired) electrons. The van der Waals surface area contributed by atoms with Crippen molar-refractivity contribution in [3.63, 3.8) is 0 Å². The van der Waals surface area contributed by atoms with Crippen LogP contribution in [0.4, 0.5) is 0 Å². The Morgan fingerprint density at radius 3 is 2.08 bits per heavy atom. The number of piperidine rings is 1. The molecule has 1 saturated heterocycles. The minimum absolute atomic E-state index is 0.0587. The minimum atomic E-state index is -0.780. The second-order valence-electron chi connectivity index (χ2n) is 7.31. The van der Waals surface area contributed by atoms with Crippen LogP contribution in [0.2, 0.25) is 0 Å². The molecule has 2 amide bonds. The number of likely N-dealkylation sites (tertiary alicyclic amines) is 1. The van der Waals surface area contributed by atoms with Crippen molar-refractivity contribution in [1.82, 2.24) is 9.80 Å². The van der Waals surface area contributed by atoms with Gasteiger partial charge in [0.2, 0.25) is 11.8 Å². The second kappa shape index (κ2) is 8.49. The monoisotopic (exact) mass is 338 g/mol. The Bertz CT molecular complexity index is 464. The van der Waals surface area contributed by atoms with Crippen molar-refractivity contribution in [2.24, 2.45) is 17.8 Å². The highest BCUT2D eigenvalue weighted by Gasteiger charge is 2.31. The predicted molar refractivity (Wildman–Crippen MR) is 90.3 cm³/mol. The Kier molecular flexibility index (Phi) is 6.63. The minimum Gasteiger partial charge on any atom is -0.481 e. The summed E-state index contributed by atoms with van der Waals surface area (Å²) in [6.45, 7) is 3.24. The van der Waals surface area contributed by atoms with E-state index >= 15 is 0 Å². The number of nitrogens with zero attached hydrogens (tertiary/aromatic N) is 2. The molecular formula is C18H30N2O4. The molecule has 2 rings (SSSR count). The van der Waals surface area contributed by atoms with Crippen LogP contribution in [0.15, 0.2) is 0 Å². The largest absolute Gasteiger partial charge is 0.481 e. The number of hydrogen-bond acceptors (Lipinski definition) is 3. The molecule has 0 atom stereocenters. The lowest BCUT2D eigenvalue weighted by Gasteiger charge is -2.33. The van der Waals surface area contributed by atoms with Crippen LogP contribution in [-0.4, -0.2) is 59.4 Å². The molecule has 6 nitrogen and oxygen atoms in total. The highest BCUT2D eigenvalue weighted by atomic mass is 16.4. The van der Waals surface area contributed by atoms with Crippen molar-refractivity contribution in [2.45, 2.75) is 51.9 Å². The third-order valence-corrected chi connectivity index (χ3v) is 5.72. The average Bonchev–Trinajstić information content (AvgIpc) is 2.61. The zero-order chi connectivity index (χ0) is 17.7. The summed E-state index contributed by atoms with van der Waals surface area (Å²) in [6, 6.07) is 0. The molecule has 1 aliphatic carbocycles. The Labute approximate surface area is 144 Å². The van der Waals surface area contributed by atoms with E-state index in [0.29, 0.717) is 25.9 Å². The van der Waals surface area contributed by atoms with E-state index in [9.17, 15) is 14.4 Å². The highest BCUT2D eigenvalue weighted by molar-refractivity contribution is 5.86. The molecule has 2 aliphatic rings. The maximum Gasteiger partial charge on any atom is 0.306 e. The molecular weight excluding hydrogens is 308 g/mol. The van der Waals surface area contributed by atoms with Gasteiger partial charge < -0.3 is 14.9 Å². The van der Waals surface area contributed by atoms with Gasteiger partial charge in [-0.2, -0.15) is 0 Å². The van der Waals surface area contributed by atoms with Gasteiger partial charge in [0.15, 0.2) is 0 Å². The smallest absolute Gasteiger partial charge is 0.306 e. The number of carbonyl (C=O) groups excluding carboxylic acids is 2. The van der Waals surface area contributed by atoms with Crippen molar-refractivity contribution < 1.29 is 19.5 Å². The predicted octanol–water partition coefficient (Wildman–Crippen LogP) is 1.98. The molecule has 0 aromatic heterocycles. The molecule has 1 aliphatic heterocycles. The van der Waals surface area contributed by atoms with Crippen molar-refractivity contribution in [2.75, 3.05) is 26.7 Å². The number of carboxylic acid groups (broad SMARTS) is 1. The average molecular weight is 338 g/mol. The molecule has 24 heavy (non-hydrogen) atoms. The van der Waals surface area contributed by atoms with Crippen LogP contribution in [0.5, 0.6) is 0 Å². The van der Waals surface area contributed by atoms with E-state index in [-0.39, 0.29) is 30.2 Å². The van der Waals surface area contributed by atoms with E-state index in [1.165, 1.54) is 6.42 Å². The van der Waals surface area contributed by atoms with Gasteiger partial charge in [0.25, 0.3) is 0 Å². The third kappa shape index (κ3) is 4.71. The number of aliphatic carboxylic acids is 1.